The molecule has 9 heteroatoms. The molecule has 2 N–H and O–H groups in total. The van der Waals surface area contributed by atoms with Crippen LogP contribution in [0.15, 0.2) is 74.7 Å². The molecule has 8 nitrogen and oxygen atoms in total. The number of carbonyl (C=O) groups is 1. The Kier molecular flexibility index (Phi) is 6.86. The van der Waals surface area contributed by atoms with Gasteiger partial charge in [0.1, 0.15) is 22.7 Å². The molecule has 0 saturated carbocycles. The van der Waals surface area contributed by atoms with Gasteiger partial charge in [0, 0.05) is 29.6 Å². The number of nitrogens with two attached hydrogens (primary N) is 1. The number of amides is 1. The van der Waals surface area contributed by atoms with Crippen molar-refractivity contribution in [3.8, 4) is 0 Å². The van der Waals surface area contributed by atoms with Crippen LogP contribution >= 0.6 is 0 Å². The first-order valence-electron chi connectivity index (χ1n) is 12.5. The smallest absolute Gasteiger partial charge is 0.297 e. The third-order valence-electron chi connectivity index (χ3n) is 6.65. The lowest BCUT2D eigenvalue weighted by Crippen LogP contribution is -2.43. The van der Waals surface area contributed by atoms with Gasteiger partial charge in [0.05, 0.1) is 25.1 Å². The Morgan fingerprint density at radius 3 is 2.58 bits per heavy atom. The highest BCUT2D eigenvalue weighted by Crippen LogP contribution is 2.32. The van der Waals surface area contributed by atoms with Crippen LogP contribution in [-0.2, 0) is 6.54 Å². The molecule has 0 aliphatic rings. The van der Waals surface area contributed by atoms with Gasteiger partial charge >= 0.3 is 0 Å². The zero-order valence-corrected chi connectivity index (χ0v) is 21.5. The molecule has 0 spiro atoms. The second kappa shape index (κ2) is 10.3. The van der Waals surface area contributed by atoms with E-state index in [9.17, 15) is 14.0 Å². The van der Waals surface area contributed by atoms with Gasteiger partial charge < -0.3 is 19.5 Å². The molecule has 38 heavy (non-hydrogen) atoms. The Morgan fingerprint density at radius 1 is 1.16 bits per heavy atom. The number of hydrogen-bond donors (Lipinski definition) is 1. The van der Waals surface area contributed by atoms with Gasteiger partial charge in [0.15, 0.2) is 0 Å². The summed E-state index contributed by atoms with van der Waals surface area (Å²) in [5.74, 6) is -0.474. The van der Waals surface area contributed by atoms with Crippen LogP contribution in [0.5, 0.6) is 0 Å². The van der Waals surface area contributed by atoms with E-state index >= 15 is 0 Å². The topological polar surface area (TPSA) is 108 Å². The second-order valence-electron chi connectivity index (χ2n) is 9.76. The molecular weight excluding hydrogens is 487 g/mol. The highest BCUT2D eigenvalue weighted by Gasteiger charge is 2.33. The molecule has 1 atom stereocenters. The summed E-state index contributed by atoms with van der Waals surface area (Å²) >= 11 is 0. The highest BCUT2D eigenvalue weighted by atomic mass is 19.1. The van der Waals surface area contributed by atoms with Crippen molar-refractivity contribution in [2.45, 2.75) is 33.4 Å². The predicted molar refractivity (Wildman–Crippen MR) is 142 cm³/mol. The molecule has 0 saturated heterocycles. The summed E-state index contributed by atoms with van der Waals surface area (Å²) < 4.78 is 26.8. The number of rotatable bonds is 8. The molecule has 2 aromatic carbocycles. The summed E-state index contributed by atoms with van der Waals surface area (Å²) in [6.07, 6.45) is 3.07. The minimum absolute atomic E-state index is 0.0237. The average Bonchev–Trinajstić information content (AvgIpc) is 3.53. The molecule has 196 valence electrons. The fraction of sp³-hybridized carbons (Fsp3) is 0.276. The summed E-state index contributed by atoms with van der Waals surface area (Å²) in [5.41, 5.74) is 8.47. The maximum absolute atomic E-state index is 14.2. The largest absolute Gasteiger partial charge is 0.472 e. The number of aromatic nitrogens is 2. The van der Waals surface area contributed by atoms with Crippen LogP contribution < -0.4 is 11.3 Å². The van der Waals surface area contributed by atoms with Gasteiger partial charge in [-0.1, -0.05) is 31.5 Å². The van der Waals surface area contributed by atoms with Gasteiger partial charge in [-0.3, -0.25) is 14.2 Å². The summed E-state index contributed by atoms with van der Waals surface area (Å²) in [7, 11) is 0. The maximum atomic E-state index is 14.2. The van der Waals surface area contributed by atoms with Crippen molar-refractivity contribution in [2.24, 2.45) is 11.7 Å². The monoisotopic (exact) mass is 516 g/mol. The van der Waals surface area contributed by atoms with E-state index in [1.807, 2.05) is 32.9 Å². The molecule has 1 unspecified atom stereocenters. The van der Waals surface area contributed by atoms with Gasteiger partial charge in [-0.2, -0.15) is 0 Å². The molecular formula is C29H29FN4O4. The Hall–Kier alpha value is -4.24. The van der Waals surface area contributed by atoms with Gasteiger partial charge in [0.2, 0.25) is 5.58 Å². The number of furan rings is 2. The number of benzene rings is 2. The normalized spacial score (nSPS) is 12.5. The second-order valence-corrected chi connectivity index (χ2v) is 9.76. The van der Waals surface area contributed by atoms with Crippen molar-refractivity contribution in [3.05, 3.63) is 99.7 Å². The standard InChI is InChI=1S/C29H29FN4O4/c1-17(2)25(33(12-11-31)28(35)20-6-4-18(3)5-7-20)27-32-24-22-14-21(30)8-9-23(22)38-26(24)29(36)34(27)15-19-10-13-37-16-19/h4-10,13-14,16-17,25H,11-12,15,31H2,1-3H3. The molecule has 5 rings (SSSR count). The first-order chi connectivity index (χ1) is 18.3. The molecule has 0 aliphatic carbocycles. The van der Waals surface area contributed by atoms with E-state index in [1.54, 1.807) is 29.4 Å². The van der Waals surface area contributed by atoms with E-state index in [0.717, 1.165) is 11.1 Å². The quantitative estimate of drug-likeness (QED) is 0.310. The molecule has 0 fully saturated rings. The Morgan fingerprint density at radius 2 is 1.92 bits per heavy atom. The Labute approximate surface area is 218 Å². The van der Waals surface area contributed by atoms with E-state index < -0.39 is 17.4 Å². The molecule has 0 radical (unpaired) electrons. The van der Waals surface area contributed by atoms with Crippen LogP contribution in [0.4, 0.5) is 4.39 Å². The molecule has 3 aromatic heterocycles. The summed E-state index contributed by atoms with van der Waals surface area (Å²) in [4.78, 5) is 34.3. The van der Waals surface area contributed by atoms with E-state index in [-0.39, 0.29) is 42.6 Å². The Balaban J connectivity index is 1.76. The average molecular weight is 517 g/mol. The van der Waals surface area contributed by atoms with Crippen molar-refractivity contribution in [2.75, 3.05) is 13.1 Å². The maximum Gasteiger partial charge on any atom is 0.297 e. The first kappa shape index (κ1) is 25.4. The number of nitrogens with zero attached hydrogens (tertiary/aromatic N) is 3. The van der Waals surface area contributed by atoms with Crippen molar-refractivity contribution in [1.29, 1.82) is 0 Å². The van der Waals surface area contributed by atoms with Crippen LogP contribution in [0.2, 0.25) is 0 Å². The molecule has 3 heterocycles. The fourth-order valence-electron chi connectivity index (χ4n) is 4.82. The zero-order chi connectivity index (χ0) is 27.0. The first-order valence-corrected chi connectivity index (χ1v) is 12.5. The zero-order valence-electron chi connectivity index (χ0n) is 21.5. The minimum atomic E-state index is -0.616. The lowest BCUT2D eigenvalue weighted by atomic mass is 9.99. The number of hydrogen-bond acceptors (Lipinski definition) is 6. The number of halogens is 1. The van der Waals surface area contributed by atoms with Gasteiger partial charge in [-0.15, -0.1) is 0 Å². The third kappa shape index (κ3) is 4.61. The molecule has 5 aromatic rings. The molecule has 1 amide bonds. The van der Waals surface area contributed by atoms with Gasteiger partial charge in [-0.25, -0.2) is 9.37 Å². The van der Waals surface area contributed by atoms with Gasteiger partial charge in [-0.05, 0) is 49.2 Å². The lowest BCUT2D eigenvalue weighted by Gasteiger charge is -2.35. The summed E-state index contributed by atoms with van der Waals surface area (Å²) in [6, 6.07) is 12.5. The van der Waals surface area contributed by atoms with Crippen LogP contribution in [0.25, 0.3) is 22.1 Å². The van der Waals surface area contributed by atoms with Crippen molar-refractivity contribution in [1.82, 2.24) is 14.5 Å². The van der Waals surface area contributed by atoms with E-state index in [2.05, 4.69) is 0 Å². The lowest BCUT2D eigenvalue weighted by molar-refractivity contribution is 0.0612. The number of carbonyl (C=O) groups excluding carboxylic acids is 1. The Bertz CT molecular complexity index is 1650. The third-order valence-corrected chi connectivity index (χ3v) is 6.65. The summed E-state index contributed by atoms with van der Waals surface area (Å²) in [6.45, 7) is 6.49. The highest BCUT2D eigenvalue weighted by molar-refractivity contribution is 6.02. The van der Waals surface area contributed by atoms with E-state index in [0.29, 0.717) is 22.4 Å². The van der Waals surface area contributed by atoms with Crippen molar-refractivity contribution < 1.29 is 18.0 Å². The van der Waals surface area contributed by atoms with Crippen LogP contribution in [0.1, 0.15) is 47.2 Å². The number of aryl methyl sites for hydroxylation is 1. The molecule has 0 aliphatic heterocycles. The summed E-state index contributed by atoms with van der Waals surface area (Å²) in [5, 5.41) is 0.395. The van der Waals surface area contributed by atoms with E-state index in [1.165, 1.54) is 29.0 Å². The van der Waals surface area contributed by atoms with E-state index in [4.69, 9.17) is 19.6 Å². The van der Waals surface area contributed by atoms with Crippen molar-refractivity contribution >= 4 is 28.0 Å². The number of fused-ring (bicyclic) bond motifs is 3. The van der Waals surface area contributed by atoms with Crippen LogP contribution in [0.3, 0.4) is 0 Å². The molecule has 0 bridgehead atoms. The minimum Gasteiger partial charge on any atom is -0.472 e. The predicted octanol–water partition coefficient (Wildman–Crippen LogP) is 5.03. The van der Waals surface area contributed by atoms with Gasteiger partial charge in [0.25, 0.3) is 11.5 Å². The van der Waals surface area contributed by atoms with Crippen LogP contribution in [0, 0.1) is 18.7 Å². The van der Waals surface area contributed by atoms with Crippen LogP contribution in [-0.4, -0.2) is 33.4 Å². The SMILES string of the molecule is Cc1ccc(C(=O)N(CCN)C(c2nc3c(oc4ccc(F)cc43)c(=O)n2Cc2ccoc2)C(C)C)cc1. The fourth-order valence-corrected chi connectivity index (χ4v) is 4.82. The van der Waals surface area contributed by atoms with Crippen molar-refractivity contribution in [3.63, 3.8) is 0 Å².